The van der Waals surface area contributed by atoms with E-state index in [9.17, 15) is 14.4 Å². The molecule has 2 aromatic rings. The average Bonchev–Trinajstić information content (AvgIpc) is 2.62. The Morgan fingerprint density at radius 1 is 0.964 bits per heavy atom. The summed E-state index contributed by atoms with van der Waals surface area (Å²) in [4.78, 5) is 36.0. The third-order valence-electron chi connectivity index (χ3n) is 4.43. The largest absolute Gasteiger partial charge is 0.496 e. The first-order chi connectivity index (χ1) is 13.2. The van der Waals surface area contributed by atoms with E-state index in [1.807, 2.05) is 32.9 Å². The predicted molar refractivity (Wildman–Crippen MR) is 109 cm³/mol. The standard InChI is InChI=1S/C22H26N2O4/c1-13-8-14(2)22(15(3)9-13)24-21(27)12-23-20(26)11-18-10-17(16(4)25)6-7-19(18)28-5/h6-10H,11-12H2,1-5H3,(H,23,26)(H,24,27). The molecule has 0 aromatic heterocycles. The van der Waals surface area contributed by atoms with Crippen LogP contribution in [0.4, 0.5) is 5.69 Å². The molecule has 0 aliphatic rings. The van der Waals surface area contributed by atoms with Gasteiger partial charge in [0.1, 0.15) is 5.75 Å². The highest BCUT2D eigenvalue weighted by Gasteiger charge is 2.13. The van der Waals surface area contributed by atoms with Crippen LogP contribution >= 0.6 is 0 Å². The van der Waals surface area contributed by atoms with Crippen molar-refractivity contribution in [3.63, 3.8) is 0 Å². The van der Waals surface area contributed by atoms with Gasteiger partial charge in [-0.1, -0.05) is 17.7 Å². The van der Waals surface area contributed by atoms with Crippen LogP contribution in [0.2, 0.25) is 0 Å². The summed E-state index contributed by atoms with van der Waals surface area (Å²) in [5.41, 5.74) is 4.94. The van der Waals surface area contributed by atoms with Crippen LogP contribution in [-0.4, -0.2) is 31.3 Å². The number of carbonyl (C=O) groups is 3. The Balaban J connectivity index is 1.98. The molecule has 0 saturated heterocycles. The topological polar surface area (TPSA) is 84.5 Å². The van der Waals surface area contributed by atoms with Gasteiger partial charge in [0.05, 0.1) is 20.1 Å². The zero-order chi connectivity index (χ0) is 20.8. The Morgan fingerprint density at radius 2 is 1.61 bits per heavy atom. The number of amides is 2. The maximum Gasteiger partial charge on any atom is 0.243 e. The summed E-state index contributed by atoms with van der Waals surface area (Å²) in [6, 6.07) is 8.95. The van der Waals surface area contributed by atoms with Gasteiger partial charge in [0.2, 0.25) is 11.8 Å². The third-order valence-corrected chi connectivity index (χ3v) is 4.43. The van der Waals surface area contributed by atoms with Crippen LogP contribution in [0.15, 0.2) is 30.3 Å². The second-order valence-corrected chi connectivity index (χ2v) is 6.86. The van der Waals surface area contributed by atoms with Crippen LogP contribution in [0.3, 0.4) is 0 Å². The quantitative estimate of drug-likeness (QED) is 0.721. The van der Waals surface area contributed by atoms with E-state index in [0.717, 1.165) is 22.4 Å². The summed E-state index contributed by atoms with van der Waals surface area (Å²) in [6.07, 6.45) is 0.0140. The van der Waals surface area contributed by atoms with E-state index >= 15 is 0 Å². The summed E-state index contributed by atoms with van der Waals surface area (Å²) in [5.74, 6) is -0.192. The molecule has 2 amide bonds. The number of ether oxygens (including phenoxy) is 1. The molecule has 28 heavy (non-hydrogen) atoms. The highest BCUT2D eigenvalue weighted by atomic mass is 16.5. The number of benzene rings is 2. The summed E-state index contributed by atoms with van der Waals surface area (Å²) in [7, 11) is 1.50. The minimum Gasteiger partial charge on any atom is -0.496 e. The Labute approximate surface area is 165 Å². The Hall–Kier alpha value is -3.15. The molecule has 0 fully saturated rings. The second-order valence-electron chi connectivity index (χ2n) is 6.86. The minimum absolute atomic E-state index is 0.0140. The maximum absolute atomic E-state index is 12.3. The van der Waals surface area contributed by atoms with Crippen LogP contribution in [0.5, 0.6) is 5.75 Å². The van der Waals surface area contributed by atoms with E-state index in [0.29, 0.717) is 16.9 Å². The fraction of sp³-hybridized carbons (Fsp3) is 0.318. The third kappa shape index (κ3) is 5.42. The Morgan fingerprint density at radius 3 is 2.18 bits per heavy atom. The lowest BCUT2D eigenvalue weighted by atomic mass is 10.0. The number of carbonyl (C=O) groups excluding carboxylic acids is 3. The number of hydrogen-bond acceptors (Lipinski definition) is 4. The highest BCUT2D eigenvalue weighted by molar-refractivity contribution is 5.96. The number of aryl methyl sites for hydroxylation is 3. The lowest BCUT2D eigenvalue weighted by Crippen LogP contribution is -2.34. The van der Waals surface area contributed by atoms with Gasteiger partial charge in [-0.2, -0.15) is 0 Å². The van der Waals surface area contributed by atoms with E-state index in [1.54, 1.807) is 18.2 Å². The van der Waals surface area contributed by atoms with Crippen LogP contribution in [-0.2, 0) is 16.0 Å². The molecular weight excluding hydrogens is 356 g/mol. The van der Waals surface area contributed by atoms with Crippen LogP contribution in [0.1, 0.15) is 39.5 Å². The molecule has 2 aromatic carbocycles. The van der Waals surface area contributed by atoms with Crippen molar-refractivity contribution in [2.24, 2.45) is 0 Å². The van der Waals surface area contributed by atoms with Crippen molar-refractivity contribution in [1.29, 1.82) is 0 Å². The van der Waals surface area contributed by atoms with Crippen molar-refractivity contribution in [3.05, 3.63) is 58.1 Å². The van der Waals surface area contributed by atoms with E-state index in [-0.39, 0.29) is 30.6 Å². The average molecular weight is 382 g/mol. The number of methoxy groups -OCH3 is 1. The van der Waals surface area contributed by atoms with Crippen molar-refractivity contribution < 1.29 is 19.1 Å². The van der Waals surface area contributed by atoms with Gasteiger partial charge >= 0.3 is 0 Å². The molecule has 0 unspecified atom stereocenters. The van der Waals surface area contributed by atoms with E-state index < -0.39 is 0 Å². The number of anilines is 1. The minimum atomic E-state index is -0.327. The fourth-order valence-electron chi connectivity index (χ4n) is 3.11. The van der Waals surface area contributed by atoms with Gasteiger partial charge in [0, 0.05) is 16.8 Å². The molecule has 2 rings (SSSR count). The van der Waals surface area contributed by atoms with Gasteiger partial charge in [0.15, 0.2) is 5.78 Å². The number of rotatable bonds is 7. The molecular formula is C22H26N2O4. The molecule has 6 nitrogen and oxygen atoms in total. The molecule has 0 spiro atoms. The molecule has 6 heteroatoms. The van der Waals surface area contributed by atoms with Gasteiger partial charge in [-0.15, -0.1) is 0 Å². The first-order valence-electron chi connectivity index (χ1n) is 9.03. The first kappa shape index (κ1) is 21.2. The predicted octanol–water partition coefficient (Wildman–Crippen LogP) is 3.12. The highest BCUT2D eigenvalue weighted by Crippen LogP contribution is 2.22. The smallest absolute Gasteiger partial charge is 0.243 e. The molecule has 0 aliphatic carbocycles. The second kappa shape index (κ2) is 9.17. The summed E-state index contributed by atoms with van der Waals surface area (Å²) in [5, 5.41) is 5.46. The summed E-state index contributed by atoms with van der Waals surface area (Å²) >= 11 is 0. The van der Waals surface area contributed by atoms with Crippen molar-refractivity contribution in [3.8, 4) is 5.75 Å². The van der Waals surface area contributed by atoms with Gasteiger partial charge in [-0.3, -0.25) is 14.4 Å². The Kier molecular flexibility index (Phi) is 6.93. The van der Waals surface area contributed by atoms with Gasteiger partial charge < -0.3 is 15.4 Å². The van der Waals surface area contributed by atoms with Crippen molar-refractivity contribution in [2.45, 2.75) is 34.1 Å². The van der Waals surface area contributed by atoms with E-state index in [2.05, 4.69) is 10.6 Å². The summed E-state index contributed by atoms with van der Waals surface area (Å²) in [6.45, 7) is 7.19. The van der Waals surface area contributed by atoms with Gasteiger partial charge in [0.25, 0.3) is 0 Å². The van der Waals surface area contributed by atoms with Crippen LogP contribution in [0.25, 0.3) is 0 Å². The van der Waals surface area contributed by atoms with E-state index in [1.165, 1.54) is 14.0 Å². The summed E-state index contributed by atoms with van der Waals surface area (Å²) < 4.78 is 5.25. The lowest BCUT2D eigenvalue weighted by Gasteiger charge is -2.13. The number of ketones is 1. The maximum atomic E-state index is 12.3. The molecule has 0 bridgehead atoms. The van der Waals surface area contributed by atoms with Crippen LogP contribution < -0.4 is 15.4 Å². The fourth-order valence-corrected chi connectivity index (χ4v) is 3.11. The van der Waals surface area contributed by atoms with Crippen LogP contribution in [0, 0.1) is 20.8 Å². The van der Waals surface area contributed by atoms with E-state index in [4.69, 9.17) is 4.74 Å². The van der Waals surface area contributed by atoms with Crippen molar-refractivity contribution >= 4 is 23.3 Å². The zero-order valence-electron chi connectivity index (χ0n) is 16.9. The molecule has 0 saturated carbocycles. The van der Waals surface area contributed by atoms with Crippen molar-refractivity contribution in [1.82, 2.24) is 5.32 Å². The number of Topliss-reactive ketones (excluding diaryl/α,β-unsaturated/α-hetero) is 1. The Bertz CT molecular complexity index is 896. The lowest BCUT2D eigenvalue weighted by molar-refractivity contribution is -0.123. The van der Waals surface area contributed by atoms with Gasteiger partial charge in [-0.25, -0.2) is 0 Å². The molecule has 0 aliphatic heterocycles. The van der Waals surface area contributed by atoms with Crippen molar-refractivity contribution in [2.75, 3.05) is 19.0 Å². The monoisotopic (exact) mass is 382 g/mol. The molecule has 0 heterocycles. The number of nitrogens with one attached hydrogen (secondary N) is 2. The first-order valence-corrected chi connectivity index (χ1v) is 9.03. The molecule has 0 atom stereocenters. The SMILES string of the molecule is COc1ccc(C(C)=O)cc1CC(=O)NCC(=O)Nc1c(C)cc(C)cc1C. The number of hydrogen-bond donors (Lipinski definition) is 2. The normalized spacial score (nSPS) is 10.3. The zero-order valence-corrected chi connectivity index (χ0v) is 16.9. The molecule has 148 valence electrons. The molecule has 2 N–H and O–H groups in total. The van der Waals surface area contributed by atoms with Gasteiger partial charge in [-0.05, 0) is 57.0 Å². The molecule has 0 radical (unpaired) electrons.